The molecule has 2 aromatic rings. The molecule has 0 aliphatic rings. The van der Waals surface area contributed by atoms with E-state index in [1.54, 1.807) is 12.1 Å². The van der Waals surface area contributed by atoms with Crippen LogP contribution >= 0.6 is 0 Å². The van der Waals surface area contributed by atoms with E-state index in [4.69, 9.17) is 11.5 Å². The molecule has 4 heteroatoms. The molecule has 4 N–H and O–H groups in total. The van der Waals surface area contributed by atoms with Crippen LogP contribution in [-0.2, 0) is 6.42 Å². The highest BCUT2D eigenvalue weighted by Gasteiger charge is 2.15. The van der Waals surface area contributed by atoms with Gasteiger partial charge < -0.3 is 11.5 Å². The number of hydrogen-bond acceptors (Lipinski definition) is 2. The van der Waals surface area contributed by atoms with Gasteiger partial charge in [-0.15, -0.1) is 0 Å². The summed E-state index contributed by atoms with van der Waals surface area (Å²) in [4.78, 5) is 23.2. The van der Waals surface area contributed by atoms with Gasteiger partial charge in [-0.25, -0.2) is 0 Å². The maximum absolute atomic E-state index is 11.8. The van der Waals surface area contributed by atoms with Crippen molar-refractivity contribution in [2.75, 3.05) is 0 Å². The van der Waals surface area contributed by atoms with Crippen molar-refractivity contribution in [2.24, 2.45) is 11.5 Å². The number of unbranched alkanes of at least 4 members (excludes halogenated alkanes) is 2. The average molecular weight is 310 g/mol. The Morgan fingerprint density at radius 2 is 1.65 bits per heavy atom. The second kappa shape index (κ2) is 7.58. The molecule has 0 aliphatic heterocycles. The molecule has 0 bridgehead atoms. The van der Waals surface area contributed by atoms with Crippen LogP contribution in [0.5, 0.6) is 0 Å². The van der Waals surface area contributed by atoms with Crippen molar-refractivity contribution < 1.29 is 9.59 Å². The molecule has 0 saturated heterocycles. The Bertz CT molecular complexity index is 723. The molecule has 2 amide bonds. The molecule has 2 aromatic carbocycles. The zero-order valence-corrected chi connectivity index (χ0v) is 13.3. The molecule has 0 saturated carbocycles. The zero-order valence-electron chi connectivity index (χ0n) is 13.3. The topological polar surface area (TPSA) is 86.2 Å². The van der Waals surface area contributed by atoms with Gasteiger partial charge in [0, 0.05) is 11.1 Å². The Balaban J connectivity index is 2.53. The predicted molar refractivity (Wildman–Crippen MR) is 92.1 cm³/mol. The van der Waals surface area contributed by atoms with Gasteiger partial charge in [-0.2, -0.15) is 0 Å². The lowest BCUT2D eigenvalue weighted by Gasteiger charge is -2.13. The molecule has 0 radical (unpaired) electrons. The first-order chi connectivity index (χ1) is 11.0. The third kappa shape index (κ3) is 3.97. The van der Waals surface area contributed by atoms with Gasteiger partial charge in [0.25, 0.3) is 0 Å². The van der Waals surface area contributed by atoms with Crippen LogP contribution in [0.15, 0.2) is 42.5 Å². The summed E-state index contributed by atoms with van der Waals surface area (Å²) in [6, 6.07) is 12.7. The number of carbonyl (C=O) groups is 2. The number of rotatable bonds is 7. The molecule has 0 heterocycles. The molecule has 23 heavy (non-hydrogen) atoms. The lowest BCUT2D eigenvalue weighted by atomic mass is 9.91. The van der Waals surface area contributed by atoms with Gasteiger partial charge in [0.1, 0.15) is 0 Å². The van der Waals surface area contributed by atoms with E-state index in [9.17, 15) is 9.59 Å². The highest BCUT2D eigenvalue weighted by molar-refractivity contribution is 6.03. The quantitative estimate of drug-likeness (QED) is 0.769. The fraction of sp³-hybridized carbons (Fsp3) is 0.263. The van der Waals surface area contributed by atoms with E-state index in [0.717, 1.165) is 36.8 Å². The Hall–Kier alpha value is -2.62. The first-order valence-corrected chi connectivity index (χ1v) is 7.86. The van der Waals surface area contributed by atoms with Crippen LogP contribution in [0.4, 0.5) is 0 Å². The Morgan fingerprint density at radius 3 is 2.30 bits per heavy atom. The van der Waals surface area contributed by atoms with Crippen molar-refractivity contribution >= 4 is 11.8 Å². The normalized spacial score (nSPS) is 10.5. The molecule has 0 aromatic heterocycles. The van der Waals surface area contributed by atoms with Crippen molar-refractivity contribution in [2.45, 2.75) is 32.6 Å². The maximum atomic E-state index is 11.8. The summed E-state index contributed by atoms with van der Waals surface area (Å²) in [6.45, 7) is 2.16. The van der Waals surface area contributed by atoms with Crippen LogP contribution < -0.4 is 11.5 Å². The highest BCUT2D eigenvalue weighted by Crippen LogP contribution is 2.29. The Labute approximate surface area is 136 Å². The maximum Gasteiger partial charge on any atom is 0.249 e. The third-order valence-corrected chi connectivity index (χ3v) is 3.93. The predicted octanol–water partition coefficient (Wildman–Crippen LogP) is 3.28. The molecule has 4 nitrogen and oxygen atoms in total. The summed E-state index contributed by atoms with van der Waals surface area (Å²) >= 11 is 0. The van der Waals surface area contributed by atoms with Crippen LogP contribution in [0.2, 0.25) is 0 Å². The molecular weight excluding hydrogens is 288 g/mol. The van der Waals surface area contributed by atoms with E-state index in [1.807, 2.05) is 24.3 Å². The van der Waals surface area contributed by atoms with Crippen molar-refractivity contribution in [3.63, 3.8) is 0 Å². The number of amides is 2. The van der Waals surface area contributed by atoms with Gasteiger partial charge in [0.2, 0.25) is 11.8 Å². The van der Waals surface area contributed by atoms with Crippen LogP contribution in [0.1, 0.15) is 52.5 Å². The highest BCUT2D eigenvalue weighted by atomic mass is 16.1. The summed E-state index contributed by atoms with van der Waals surface area (Å²) in [5, 5.41) is 0. The number of primary amides is 2. The van der Waals surface area contributed by atoms with Gasteiger partial charge >= 0.3 is 0 Å². The number of benzene rings is 2. The smallest absolute Gasteiger partial charge is 0.249 e. The Kier molecular flexibility index (Phi) is 5.52. The molecule has 120 valence electrons. The number of carbonyl (C=O) groups excluding carboxylic acids is 2. The van der Waals surface area contributed by atoms with Crippen molar-refractivity contribution in [1.82, 2.24) is 0 Å². The minimum absolute atomic E-state index is 0.369. The summed E-state index contributed by atoms with van der Waals surface area (Å²) < 4.78 is 0. The van der Waals surface area contributed by atoms with E-state index < -0.39 is 11.8 Å². The van der Waals surface area contributed by atoms with Crippen molar-refractivity contribution in [3.05, 3.63) is 59.2 Å². The average Bonchev–Trinajstić information content (AvgIpc) is 2.55. The fourth-order valence-electron chi connectivity index (χ4n) is 2.70. The van der Waals surface area contributed by atoms with E-state index in [1.165, 1.54) is 6.07 Å². The molecule has 0 aliphatic carbocycles. The van der Waals surface area contributed by atoms with Crippen molar-refractivity contribution in [3.8, 4) is 11.1 Å². The van der Waals surface area contributed by atoms with Gasteiger partial charge in [-0.3, -0.25) is 9.59 Å². The Morgan fingerprint density at radius 1 is 0.913 bits per heavy atom. The second-order valence-corrected chi connectivity index (χ2v) is 5.60. The van der Waals surface area contributed by atoms with Gasteiger partial charge in [0.05, 0.1) is 0 Å². The van der Waals surface area contributed by atoms with Crippen LogP contribution in [0.25, 0.3) is 11.1 Å². The molecule has 0 atom stereocenters. The van der Waals surface area contributed by atoms with E-state index in [-0.39, 0.29) is 0 Å². The number of nitrogens with two attached hydrogens (primary N) is 2. The summed E-state index contributed by atoms with van der Waals surface area (Å²) in [5.74, 6) is -1.04. The fourth-order valence-corrected chi connectivity index (χ4v) is 2.70. The first kappa shape index (κ1) is 16.7. The van der Waals surface area contributed by atoms with Crippen LogP contribution in [0.3, 0.4) is 0 Å². The summed E-state index contributed by atoms with van der Waals surface area (Å²) in [6.07, 6.45) is 4.29. The van der Waals surface area contributed by atoms with E-state index >= 15 is 0 Å². The minimum Gasteiger partial charge on any atom is -0.366 e. The zero-order chi connectivity index (χ0) is 16.8. The third-order valence-electron chi connectivity index (χ3n) is 3.93. The SMILES string of the molecule is CCCCCc1ccccc1-c1cc(C(N)=O)ccc1C(N)=O. The van der Waals surface area contributed by atoms with Gasteiger partial charge in [-0.1, -0.05) is 44.0 Å². The number of aryl methyl sites for hydroxylation is 1. The van der Waals surface area contributed by atoms with E-state index in [2.05, 4.69) is 6.92 Å². The number of hydrogen-bond donors (Lipinski definition) is 2. The van der Waals surface area contributed by atoms with Crippen LogP contribution in [0, 0.1) is 0 Å². The molecule has 0 unspecified atom stereocenters. The lowest BCUT2D eigenvalue weighted by molar-refractivity contribution is 0.0989. The monoisotopic (exact) mass is 310 g/mol. The molecule has 0 fully saturated rings. The minimum atomic E-state index is -0.522. The lowest BCUT2D eigenvalue weighted by Crippen LogP contribution is -2.15. The van der Waals surface area contributed by atoms with E-state index in [0.29, 0.717) is 16.7 Å². The van der Waals surface area contributed by atoms with Gasteiger partial charge in [0.15, 0.2) is 0 Å². The molecule has 0 spiro atoms. The van der Waals surface area contributed by atoms with Crippen LogP contribution in [-0.4, -0.2) is 11.8 Å². The second-order valence-electron chi connectivity index (χ2n) is 5.60. The van der Waals surface area contributed by atoms with Gasteiger partial charge in [-0.05, 0) is 47.7 Å². The standard InChI is InChI=1S/C19H22N2O2/c1-2-3-4-7-13-8-5-6-9-15(13)17-12-14(18(20)22)10-11-16(17)19(21)23/h5-6,8-12H,2-4,7H2,1H3,(H2,20,22)(H2,21,23). The molecule has 2 rings (SSSR count). The summed E-state index contributed by atoms with van der Waals surface area (Å²) in [7, 11) is 0. The first-order valence-electron chi connectivity index (χ1n) is 7.86. The summed E-state index contributed by atoms with van der Waals surface area (Å²) in [5.41, 5.74) is 14.4. The molecular formula is C19H22N2O2. The van der Waals surface area contributed by atoms with Crippen molar-refractivity contribution in [1.29, 1.82) is 0 Å². The largest absolute Gasteiger partial charge is 0.366 e.